The van der Waals surface area contributed by atoms with Crippen molar-refractivity contribution >= 4 is 56.7 Å². The van der Waals surface area contributed by atoms with Crippen molar-refractivity contribution in [3.8, 4) is 16.9 Å². The summed E-state index contributed by atoms with van der Waals surface area (Å²) in [7, 11) is 1.94. The van der Waals surface area contributed by atoms with E-state index in [0.717, 1.165) is 78.4 Å². The van der Waals surface area contributed by atoms with Crippen LogP contribution in [0.5, 0.6) is 5.75 Å². The van der Waals surface area contributed by atoms with E-state index in [1.165, 1.54) is 0 Å². The third-order valence-corrected chi connectivity index (χ3v) is 10.1. The number of fused-ring (bicyclic) bond motifs is 4. The van der Waals surface area contributed by atoms with Crippen molar-refractivity contribution in [2.45, 2.75) is 53.5 Å². The molecule has 0 fully saturated rings. The zero-order chi connectivity index (χ0) is 32.3. The largest absolute Gasteiger partial charge is 0.494 e. The number of anilines is 1. The maximum Gasteiger partial charge on any atom is 0.275 e. The van der Waals surface area contributed by atoms with Gasteiger partial charge in [-0.3, -0.25) is 9.48 Å². The van der Waals surface area contributed by atoms with Gasteiger partial charge in [-0.05, 0) is 94.0 Å². The van der Waals surface area contributed by atoms with E-state index in [1.807, 2.05) is 73.8 Å². The molecule has 0 saturated carbocycles. The molecule has 8 nitrogen and oxygen atoms in total. The number of aromatic nitrogens is 4. The van der Waals surface area contributed by atoms with Crippen LogP contribution in [0.4, 0.5) is 5.69 Å². The van der Waals surface area contributed by atoms with Crippen LogP contribution in [0, 0.1) is 27.7 Å². The molecule has 1 aliphatic heterocycles. The number of hydrogen-bond acceptors (Lipinski definition) is 5. The summed E-state index contributed by atoms with van der Waals surface area (Å²) in [5.41, 5.74) is 9.91. The van der Waals surface area contributed by atoms with E-state index in [0.29, 0.717) is 48.8 Å². The molecule has 0 atom stereocenters. The van der Waals surface area contributed by atoms with Crippen LogP contribution in [0.2, 0.25) is 10.0 Å². The monoisotopic (exact) mass is 655 g/mol. The Kier molecular flexibility index (Phi) is 7.81. The van der Waals surface area contributed by atoms with Crippen molar-refractivity contribution in [2.75, 3.05) is 18.1 Å². The second-order valence-electron chi connectivity index (χ2n) is 12.1. The molecular formula is C36H35Cl2N5O3. The van der Waals surface area contributed by atoms with Gasteiger partial charge in [0.15, 0.2) is 5.58 Å². The van der Waals surface area contributed by atoms with E-state index in [9.17, 15) is 4.79 Å². The zero-order valence-corrected chi connectivity index (χ0v) is 28.1. The Labute approximate surface area is 277 Å². The van der Waals surface area contributed by atoms with Gasteiger partial charge in [0.05, 0.1) is 29.0 Å². The van der Waals surface area contributed by atoms with E-state index in [1.54, 1.807) is 6.20 Å². The number of aryl methyl sites for hydroxylation is 6. The SMILES string of the molecule is Cc1cc(OCCCc2c3n(c4c(-c5c(C)nn(C)c5C)c(Cl)ccc24)CCCN(c2ccc4cnoc4c2)C3=O)cc(C)c1Cl. The molecule has 0 aliphatic carbocycles. The van der Waals surface area contributed by atoms with Crippen molar-refractivity contribution in [2.24, 2.45) is 7.05 Å². The molecule has 1 aliphatic rings. The summed E-state index contributed by atoms with van der Waals surface area (Å²) in [5.74, 6) is 0.746. The summed E-state index contributed by atoms with van der Waals surface area (Å²) in [6.45, 7) is 9.77. The summed E-state index contributed by atoms with van der Waals surface area (Å²) in [6, 6.07) is 13.7. The first kappa shape index (κ1) is 30.4. The third kappa shape index (κ3) is 5.04. The van der Waals surface area contributed by atoms with Crippen LogP contribution in [-0.4, -0.2) is 38.6 Å². The fourth-order valence-electron chi connectivity index (χ4n) is 6.89. The molecular weight excluding hydrogens is 621 g/mol. The highest BCUT2D eigenvalue weighted by Crippen LogP contribution is 2.43. The molecule has 0 unspecified atom stereocenters. The topological polar surface area (TPSA) is 78.3 Å². The molecule has 0 saturated heterocycles. The molecule has 1 amide bonds. The van der Waals surface area contributed by atoms with E-state index >= 15 is 0 Å². The first-order valence-corrected chi connectivity index (χ1v) is 16.3. The summed E-state index contributed by atoms with van der Waals surface area (Å²) >= 11 is 13.4. The number of halogens is 2. The minimum absolute atomic E-state index is 0.0471. The molecule has 0 radical (unpaired) electrons. The van der Waals surface area contributed by atoms with E-state index in [2.05, 4.69) is 22.7 Å². The van der Waals surface area contributed by atoms with E-state index < -0.39 is 0 Å². The van der Waals surface area contributed by atoms with Crippen LogP contribution in [0.25, 0.3) is 33.0 Å². The van der Waals surface area contributed by atoms with Gasteiger partial charge in [-0.2, -0.15) is 5.10 Å². The number of carbonyl (C=O) groups is 1. The highest BCUT2D eigenvalue weighted by Gasteiger charge is 2.32. The second kappa shape index (κ2) is 11.8. The Morgan fingerprint density at radius 3 is 2.50 bits per heavy atom. The van der Waals surface area contributed by atoms with Crippen molar-refractivity contribution in [1.82, 2.24) is 19.5 Å². The third-order valence-electron chi connectivity index (χ3n) is 9.15. The van der Waals surface area contributed by atoms with Crippen molar-refractivity contribution in [1.29, 1.82) is 0 Å². The zero-order valence-electron chi connectivity index (χ0n) is 26.6. The summed E-state index contributed by atoms with van der Waals surface area (Å²) in [5, 5.41) is 11.9. The van der Waals surface area contributed by atoms with Gasteiger partial charge >= 0.3 is 0 Å². The molecule has 46 heavy (non-hydrogen) atoms. The van der Waals surface area contributed by atoms with Crippen LogP contribution in [-0.2, 0) is 20.0 Å². The lowest BCUT2D eigenvalue weighted by atomic mass is 9.98. The predicted molar refractivity (Wildman–Crippen MR) is 184 cm³/mol. The second-order valence-corrected chi connectivity index (χ2v) is 12.9. The number of hydrogen-bond donors (Lipinski definition) is 0. The van der Waals surface area contributed by atoms with Gasteiger partial charge in [-0.15, -0.1) is 0 Å². The fourth-order valence-corrected chi connectivity index (χ4v) is 7.25. The number of benzene rings is 3. The lowest BCUT2D eigenvalue weighted by molar-refractivity contribution is 0.0982. The standard InChI is InChI=1S/C36H35Cl2N5O3/c1-20-16-26(17-21(2)33(20)38)45-15-6-8-27-28-11-12-29(37)32(31-22(3)40-41(5)23(31)4)34(28)43-14-7-13-42(36(44)35(27)43)25-10-9-24-19-39-46-30(24)18-25/h9-12,16-19H,6-8,13-15H2,1-5H3. The molecule has 0 spiro atoms. The van der Waals surface area contributed by atoms with Crippen LogP contribution in [0.1, 0.15) is 51.4 Å². The highest BCUT2D eigenvalue weighted by molar-refractivity contribution is 6.35. The van der Waals surface area contributed by atoms with Gasteiger partial charge in [0.25, 0.3) is 5.91 Å². The molecule has 236 valence electrons. The predicted octanol–water partition coefficient (Wildman–Crippen LogP) is 8.79. The van der Waals surface area contributed by atoms with Crippen LogP contribution in [0.3, 0.4) is 0 Å². The van der Waals surface area contributed by atoms with Crippen molar-refractivity contribution < 1.29 is 14.1 Å². The molecule has 3 aromatic heterocycles. The van der Waals surface area contributed by atoms with Crippen LogP contribution < -0.4 is 9.64 Å². The molecule has 0 N–H and O–H groups in total. The maximum absolute atomic E-state index is 14.7. The Hall–Kier alpha value is -4.27. The van der Waals surface area contributed by atoms with Gasteiger partial charge in [0, 0.05) is 64.5 Å². The molecule has 6 aromatic rings. The first-order chi connectivity index (χ1) is 22.1. The Bertz CT molecular complexity index is 2140. The normalized spacial score (nSPS) is 13.5. The Morgan fingerprint density at radius 2 is 1.76 bits per heavy atom. The fraction of sp³-hybridized carbons (Fsp3) is 0.306. The van der Waals surface area contributed by atoms with E-state index in [-0.39, 0.29) is 5.91 Å². The van der Waals surface area contributed by atoms with Crippen molar-refractivity contribution in [3.63, 3.8) is 0 Å². The molecule has 4 heterocycles. The number of rotatable bonds is 7. The Morgan fingerprint density at radius 1 is 0.978 bits per heavy atom. The minimum Gasteiger partial charge on any atom is -0.494 e. The van der Waals surface area contributed by atoms with Gasteiger partial charge in [-0.1, -0.05) is 34.4 Å². The average molecular weight is 657 g/mol. The van der Waals surface area contributed by atoms with Gasteiger partial charge in [-0.25, -0.2) is 0 Å². The van der Waals surface area contributed by atoms with Gasteiger partial charge in [0.2, 0.25) is 0 Å². The Balaban J connectivity index is 1.34. The number of nitrogens with zero attached hydrogens (tertiary/aromatic N) is 5. The number of ether oxygens (including phenoxy) is 1. The van der Waals surface area contributed by atoms with Crippen LogP contribution >= 0.6 is 23.2 Å². The lowest BCUT2D eigenvalue weighted by Crippen LogP contribution is -2.31. The van der Waals surface area contributed by atoms with Crippen LogP contribution in [0.15, 0.2) is 53.2 Å². The van der Waals surface area contributed by atoms with Crippen molar-refractivity contribution in [3.05, 3.63) is 92.5 Å². The van der Waals surface area contributed by atoms with Gasteiger partial charge < -0.3 is 18.7 Å². The molecule has 10 heteroatoms. The minimum atomic E-state index is -0.0471. The lowest BCUT2D eigenvalue weighted by Gasteiger charge is -2.21. The summed E-state index contributed by atoms with van der Waals surface area (Å²) in [4.78, 5) is 16.6. The average Bonchev–Trinajstić information content (AvgIpc) is 3.65. The maximum atomic E-state index is 14.7. The first-order valence-electron chi connectivity index (χ1n) is 15.5. The summed E-state index contributed by atoms with van der Waals surface area (Å²) < 4.78 is 15.7. The molecule has 3 aromatic carbocycles. The molecule has 7 rings (SSSR count). The smallest absolute Gasteiger partial charge is 0.275 e. The summed E-state index contributed by atoms with van der Waals surface area (Å²) in [6.07, 6.45) is 3.82. The highest BCUT2D eigenvalue weighted by atomic mass is 35.5. The van der Waals surface area contributed by atoms with E-state index in [4.69, 9.17) is 37.6 Å². The molecule has 0 bridgehead atoms. The number of carbonyl (C=O) groups excluding carboxylic acids is 1. The quantitative estimate of drug-likeness (QED) is 0.161. The number of amides is 1. The van der Waals surface area contributed by atoms with Gasteiger partial charge in [0.1, 0.15) is 11.4 Å².